The molecule has 0 unspecified atom stereocenters. The normalized spacial score (nSPS) is 11.9. The van der Waals surface area contributed by atoms with Crippen LogP contribution in [0.5, 0.6) is 5.75 Å². The molecule has 5 heteroatoms. The number of nitrogens with one attached hydrogen (secondary N) is 1. The van der Waals surface area contributed by atoms with Crippen LogP contribution in [0.1, 0.15) is 18.9 Å². The molecule has 0 saturated heterocycles. The van der Waals surface area contributed by atoms with Crippen LogP contribution >= 0.6 is 0 Å². The van der Waals surface area contributed by atoms with Crippen LogP contribution in [0.2, 0.25) is 0 Å². The van der Waals surface area contributed by atoms with Crippen LogP contribution in [0.25, 0.3) is 22.6 Å². The number of hydrogen-bond donors (Lipinski definition) is 1. The highest BCUT2D eigenvalue weighted by Crippen LogP contribution is 2.28. The number of aromatic nitrogens is 1. The first-order valence-electron chi connectivity index (χ1n) is 9.63. The molecular formula is C24H22N2O3. The maximum Gasteiger partial charge on any atom is 0.265 e. The molecule has 1 heterocycles. The van der Waals surface area contributed by atoms with Gasteiger partial charge in [0.05, 0.1) is 0 Å². The third kappa shape index (κ3) is 4.14. The first-order valence-corrected chi connectivity index (χ1v) is 9.63. The van der Waals surface area contributed by atoms with Gasteiger partial charge in [-0.05, 0) is 55.3 Å². The third-order valence-electron chi connectivity index (χ3n) is 4.72. The molecule has 0 aliphatic carbocycles. The summed E-state index contributed by atoms with van der Waals surface area (Å²) in [4.78, 5) is 17.3. The summed E-state index contributed by atoms with van der Waals surface area (Å²) in [5.74, 6) is 1.04. The molecule has 0 spiro atoms. The van der Waals surface area contributed by atoms with Crippen molar-refractivity contribution in [3.63, 3.8) is 0 Å². The Morgan fingerprint density at radius 1 is 1.07 bits per heavy atom. The van der Waals surface area contributed by atoms with E-state index in [1.807, 2.05) is 86.6 Å². The second-order valence-corrected chi connectivity index (χ2v) is 6.83. The highest BCUT2D eigenvalue weighted by atomic mass is 16.5. The van der Waals surface area contributed by atoms with Gasteiger partial charge in [0.2, 0.25) is 5.89 Å². The number of benzene rings is 3. The van der Waals surface area contributed by atoms with Crippen LogP contribution in [0.3, 0.4) is 0 Å². The predicted octanol–water partition coefficient (Wildman–Crippen LogP) is 5.60. The summed E-state index contributed by atoms with van der Waals surface area (Å²) in [5.41, 5.74) is 4.07. The van der Waals surface area contributed by atoms with Gasteiger partial charge in [-0.15, -0.1) is 0 Å². The summed E-state index contributed by atoms with van der Waals surface area (Å²) in [6, 6.07) is 22.7. The van der Waals surface area contributed by atoms with Gasteiger partial charge in [0, 0.05) is 11.3 Å². The summed E-state index contributed by atoms with van der Waals surface area (Å²) in [6.07, 6.45) is -0.0161. The lowest BCUT2D eigenvalue weighted by Crippen LogP contribution is -2.32. The molecule has 146 valence electrons. The maximum absolute atomic E-state index is 12.7. The fourth-order valence-corrected chi connectivity index (χ4v) is 3.14. The number of oxazole rings is 1. The van der Waals surface area contributed by atoms with Crippen LogP contribution in [-0.2, 0) is 4.79 Å². The summed E-state index contributed by atoms with van der Waals surface area (Å²) in [6.45, 7) is 3.94. The number of ether oxygens (including phenoxy) is 1. The van der Waals surface area contributed by atoms with E-state index in [0.717, 1.165) is 11.1 Å². The zero-order chi connectivity index (χ0) is 20.2. The SMILES string of the molecule is CC[C@@H](Oc1ccccc1)C(=O)Nc1ccc2oc(-c3ccccc3C)nc2c1. The number of carbonyl (C=O) groups is 1. The molecule has 1 atom stereocenters. The summed E-state index contributed by atoms with van der Waals surface area (Å²) >= 11 is 0. The smallest absolute Gasteiger partial charge is 0.265 e. The number of aryl methyl sites for hydroxylation is 1. The van der Waals surface area contributed by atoms with Crippen molar-refractivity contribution in [3.8, 4) is 17.2 Å². The lowest BCUT2D eigenvalue weighted by Gasteiger charge is -2.17. The molecule has 4 rings (SSSR count). The van der Waals surface area contributed by atoms with Crippen molar-refractivity contribution in [2.45, 2.75) is 26.4 Å². The van der Waals surface area contributed by atoms with E-state index in [1.165, 1.54) is 0 Å². The van der Waals surface area contributed by atoms with Gasteiger partial charge in [0.25, 0.3) is 5.91 Å². The molecule has 0 fully saturated rings. The molecule has 1 aromatic heterocycles. The third-order valence-corrected chi connectivity index (χ3v) is 4.72. The van der Waals surface area contributed by atoms with Gasteiger partial charge in [-0.25, -0.2) is 4.98 Å². The zero-order valence-electron chi connectivity index (χ0n) is 16.4. The van der Waals surface area contributed by atoms with Gasteiger partial charge in [-0.1, -0.05) is 43.3 Å². The van der Waals surface area contributed by atoms with Crippen molar-refractivity contribution in [1.82, 2.24) is 4.98 Å². The first kappa shape index (κ1) is 18.7. The van der Waals surface area contributed by atoms with Crippen LogP contribution in [0.4, 0.5) is 5.69 Å². The number of para-hydroxylation sites is 1. The number of carbonyl (C=O) groups excluding carboxylic acids is 1. The first-order chi connectivity index (χ1) is 14.1. The molecular weight excluding hydrogens is 364 g/mol. The highest BCUT2D eigenvalue weighted by Gasteiger charge is 2.19. The molecule has 3 aromatic carbocycles. The molecule has 0 bridgehead atoms. The molecule has 1 N–H and O–H groups in total. The van der Waals surface area contributed by atoms with Gasteiger partial charge in [0.15, 0.2) is 11.7 Å². The van der Waals surface area contributed by atoms with E-state index < -0.39 is 6.10 Å². The van der Waals surface area contributed by atoms with E-state index in [-0.39, 0.29) is 5.91 Å². The summed E-state index contributed by atoms with van der Waals surface area (Å²) in [7, 11) is 0. The average Bonchev–Trinajstić information content (AvgIpc) is 3.16. The minimum absolute atomic E-state index is 0.196. The van der Waals surface area contributed by atoms with E-state index in [9.17, 15) is 4.79 Å². The number of amides is 1. The summed E-state index contributed by atoms with van der Waals surface area (Å²) in [5, 5.41) is 2.92. The highest BCUT2D eigenvalue weighted by molar-refractivity contribution is 5.96. The van der Waals surface area contributed by atoms with Gasteiger partial charge < -0.3 is 14.5 Å². The minimum Gasteiger partial charge on any atom is -0.481 e. The quantitative estimate of drug-likeness (QED) is 0.468. The number of nitrogens with zero attached hydrogens (tertiary/aromatic N) is 1. The molecule has 5 nitrogen and oxygen atoms in total. The average molecular weight is 386 g/mol. The Kier molecular flexibility index (Phi) is 5.29. The van der Waals surface area contributed by atoms with Crippen molar-refractivity contribution in [2.75, 3.05) is 5.32 Å². The van der Waals surface area contributed by atoms with Crippen LogP contribution < -0.4 is 10.1 Å². The predicted molar refractivity (Wildman–Crippen MR) is 114 cm³/mol. The number of fused-ring (bicyclic) bond motifs is 1. The van der Waals surface area contributed by atoms with Gasteiger partial charge in [-0.2, -0.15) is 0 Å². The molecule has 4 aromatic rings. The van der Waals surface area contributed by atoms with E-state index in [4.69, 9.17) is 9.15 Å². The lowest BCUT2D eigenvalue weighted by molar-refractivity contribution is -0.122. The molecule has 0 aliphatic heterocycles. The molecule has 0 saturated carbocycles. The van der Waals surface area contributed by atoms with E-state index in [1.54, 1.807) is 0 Å². The van der Waals surface area contributed by atoms with Crippen molar-refractivity contribution >= 4 is 22.7 Å². The van der Waals surface area contributed by atoms with Crippen LogP contribution in [-0.4, -0.2) is 17.0 Å². The standard InChI is InChI=1S/C24H22N2O3/c1-3-21(28-18-10-5-4-6-11-18)23(27)25-17-13-14-22-20(15-17)26-24(29-22)19-12-8-7-9-16(19)2/h4-15,21H,3H2,1-2H3,(H,25,27)/t21-/m1/s1. The molecule has 0 aliphatic rings. The maximum atomic E-state index is 12.7. The van der Waals surface area contributed by atoms with Crippen molar-refractivity contribution in [1.29, 1.82) is 0 Å². The fraction of sp³-hybridized carbons (Fsp3) is 0.167. The summed E-state index contributed by atoms with van der Waals surface area (Å²) < 4.78 is 11.7. The Labute approximate surface area is 169 Å². The minimum atomic E-state index is -0.576. The topological polar surface area (TPSA) is 64.4 Å². The van der Waals surface area contributed by atoms with E-state index >= 15 is 0 Å². The lowest BCUT2D eigenvalue weighted by atomic mass is 10.1. The zero-order valence-corrected chi connectivity index (χ0v) is 16.4. The second-order valence-electron chi connectivity index (χ2n) is 6.83. The van der Waals surface area contributed by atoms with Crippen molar-refractivity contribution in [3.05, 3.63) is 78.4 Å². The Morgan fingerprint density at radius 3 is 2.59 bits per heavy atom. The van der Waals surface area contributed by atoms with Gasteiger partial charge in [-0.3, -0.25) is 4.79 Å². The molecule has 29 heavy (non-hydrogen) atoms. The number of hydrogen-bond acceptors (Lipinski definition) is 4. The number of anilines is 1. The molecule has 1 amide bonds. The Hall–Kier alpha value is -3.60. The van der Waals surface area contributed by atoms with E-state index in [0.29, 0.717) is 34.8 Å². The van der Waals surface area contributed by atoms with Crippen LogP contribution in [0, 0.1) is 6.92 Å². The van der Waals surface area contributed by atoms with Gasteiger partial charge in [0.1, 0.15) is 11.3 Å². The van der Waals surface area contributed by atoms with E-state index in [2.05, 4.69) is 10.3 Å². The monoisotopic (exact) mass is 386 g/mol. The molecule has 0 radical (unpaired) electrons. The Morgan fingerprint density at radius 2 is 1.83 bits per heavy atom. The van der Waals surface area contributed by atoms with Crippen LogP contribution in [0.15, 0.2) is 77.2 Å². The Balaban J connectivity index is 1.53. The van der Waals surface area contributed by atoms with Crippen molar-refractivity contribution in [2.24, 2.45) is 0 Å². The Bertz CT molecular complexity index is 1140. The second kappa shape index (κ2) is 8.19. The fourth-order valence-electron chi connectivity index (χ4n) is 3.14. The number of rotatable bonds is 6. The van der Waals surface area contributed by atoms with Crippen molar-refractivity contribution < 1.29 is 13.9 Å². The van der Waals surface area contributed by atoms with Gasteiger partial charge >= 0.3 is 0 Å². The largest absolute Gasteiger partial charge is 0.481 e.